The maximum Gasteiger partial charge on any atom is 0.416 e. The molecule has 0 radical (unpaired) electrons. The van der Waals surface area contributed by atoms with Crippen molar-refractivity contribution in [2.24, 2.45) is 5.14 Å². The van der Waals surface area contributed by atoms with Crippen LogP contribution in [0.25, 0.3) is 16.9 Å². The standard InChI is InChI=1S/C17H14F3N3O2S/c1-11-10-16(12-2-4-13(5-3-12)17(18,19)20)23(22-11)14-6-8-15(9-7-14)26(21,24)25/h2-10H,1H3,(H2,21,24,25)/p+1. The van der Waals surface area contributed by atoms with E-state index in [1.807, 2.05) is 6.92 Å². The van der Waals surface area contributed by atoms with Crippen molar-refractivity contribution in [1.82, 2.24) is 5.10 Å². The molecule has 0 spiro atoms. The molecule has 0 bridgehead atoms. The number of nitrogens with zero attached hydrogens (tertiary/aromatic N) is 1. The predicted molar refractivity (Wildman–Crippen MR) is 88.9 cm³/mol. The molecular weight excluding hydrogens is 367 g/mol. The molecule has 0 aliphatic carbocycles. The Morgan fingerprint density at radius 3 is 2.08 bits per heavy atom. The molecule has 26 heavy (non-hydrogen) atoms. The van der Waals surface area contributed by atoms with E-state index in [0.29, 0.717) is 16.9 Å². The topological polar surface area (TPSA) is 79.8 Å². The number of aromatic nitrogens is 2. The number of nitrogens with two attached hydrogens (primary N) is 1. The van der Waals surface area contributed by atoms with Crippen LogP contribution in [-0.2, 0) is 16.2 Å². The minimum Gasteiger partial charge on any atom is -0.225 e. The van der Waals surface area contributed by atoms with Crippen LogP contribution in [0.4, 0.5) is 13.2 Å². The van der Waals surface area contributed by atoms with E-state index in [0.717, 1.165) is 17.8 Å². The highest BCUT2D eigenvalue weighted by molar-refractivity contribution is 7.89. The zero-order chi connectivity index (χ0) is 19.1. The number of nitrogens with one attached hydrogen (secondary N) is 1. The molecule has 0 saturated heterocycles. The molecule has 5 nitrogen and oxygen atoms in total. The smallest absolute Gasteiger partial charge is 0.225 e. The van der Waals surface area contributed by atoms with Gasteiger partial charge in [0.1, 0.15) is 0 Å². The zero-order valence-corrected chi connectivity index (χ0v) is 14.4. The molecule has 136 valence electrons. The summed E-state index contributed by atoms with van der Waals surface area (Å²) in [6.07, 6.45) is -4.40. The molecule has 0 aliphatic rings. The lowest BCUT2D eigenvalue weighted by molar-refractivity contribution is -0.645. The molecule has 1 aromatic heterocycles. The summed E-state index contributed by atoms with van der Waals surface area (Å²) in [6.45, 7) is 1.81. The summed E-state index contributed by atoms with van der Waals surface area (Å²) in [4.78, 5) is -0.0267. The SMILES string of the molecule is Cc1cc(-c2ccc(C(F)(F)F)cc2)[n+](-c2ccc(S(N)(=O)=O)cc2)[nH]1. The second-order valence-electron chi connectivity index (χ2n) is 5.77. The number of aromatic amines is 1. The van der Waals surface area contributed by atoms with Crippen molar-refractivity contribution in [3.8, 4) is 16.9 Å². The third kappa shape index (κ3) is 3.63. The summed E-state index contributed by atoms with van der Waals surface area (Å²) >= 11 is 0. The maximum absolute atomic E-state index is 12.7. The Hall–Kier alpha value is -2.65. The van der Waals surface area contributed by atoms with Crippen molar-refractivity contribution in [2.75, 3.05) is 0 Å². The van der Waals surface area contributed by atoms with Crippen molar-refractivity contribution < 1.29 is 26.3 Å². The van der Waals surface area contributed by atoms with Crippen LogP contribution in [0, 0.1) is 6.92 Å². The van der Waals surface area contributed by atoms with Gasteiger partial charge in [0.2, 0.25) is 21.4 Å². The Morgan fingerprint density at radius 2 is 1.58 bits per heavy atom. The van der Waals surface area contributed by atoms with Crippen LogP contribution in [0.1, 0.15) is 11.3 Å². The van der Waals surface area contributed by atoms with Crippen LogP contribution in [-0.4, -0.2) is 13.5 Å². The first-order valence-corrected chi connectivity index (χ1v) is 9.03. The molecule has 3 N–H and O–H groups in total. The first-order valence-electron chi connectivity index (χ1n) is 7.48. The van der Waals surface area contributed by atoms with Gasteiger partial charge in [-0.25, -0.2) is 13.6 Å². The van der Waals surface area contributed by atoms with Crippen LogP contribution < -0.4 is 9.82 Å². The predicted octanol–water partition coefficient (Wildman–Crippen LogP) is 2.93. The van der Waals surface area contributed by atoms with Gasteiger partial charge in [-0.3, -0.25) is 0 Å². The average Bonchev–Trinajstić information content (AvgIpc) is 2.95. The first kappa shape index (κ1) is 18.2. The molecule has 0 saturated carbocycles. The molecule has 0 unspecified atom stereocenters. The van der Waals surface area contributed by atoms with Gasteiger partial charge >= 0.3 is 6.18 Å². The fourth-order valence-corrected chi connectivity index (χ4v) is 3.08. The van der Waals surface area contributed by atoms with Gasteiger partial charge in [-0.05, 0) is 43.3 Å². The van der Waals surface area contributed by atoms with Crippen LogP contribution in [0.2, 0.25) is 0 Å². The van der Waals surface area contributed by atoms with Gasteiger partial charge in [-0.1, -0.05) is 4.68 Å². The number of rotatable bonds is 3. The van der Waals surface area contributed by atoms with E-state index in [9.17, 15) is 21.6 Å². The number of aryl methyl sites for hydroxylation is 1. The van der Waals surface area contributed by atoms with Crippen molar-refractivity contribution in [1.29, 1.82) is 0 Å². The average molecular weight is 382 g/mol. The summed E-state index contributed by atoms with van der Waals surface area (Å²) in [5.74, 6) is 0. The number of halogens is 3. The molecule has 3 aromatic rings. The largest absolute Gasteiger partial charge is 0.416 e. The van der Waals surface area contributed by atoms with E-state index < -0.39 is 21.8 Å². The maximum atomic E-state index is 12.7. The van der Waals surface area contributed by atoms with E-state index in [-0.39, 0.29) is 4.90 Å². The Kier molecular flexibility index (Phi) is 4.37. The zero-order valence-electron chi connectivity index (χ0n) is 13.6. The molecule has 1 heterocycles. The number of H-pyrrole nitrogens is 1. The molecular formula is C17H15F3N3O2S+. The summed E-state index contributed by atoms with van der Waals surface area (Å²) < 4.78 is 62.6. The molecule has 2 aromatic carbocycles. The van der Waals surface area contributed by atoms with Crippen LogP contribution in [0.5, 0.6) is 0 Å². The van der Waals surface area contributed by atoms with Crippen molar-refractivity contribution in [2.45, 2.75) is 18.0 Å². The highest BCUT2D eigenvalue weighted by atomic mass is 32.2. The lowest BCUT2D eigenvalue weighted by Gasteiger charge is -2.06. The van der Waals surface area contributed by atoms with Crippen molar-refractivity contribution in [3.63, 3.8) is 0 Å². The second-order valence-corrected chi connectivity index (χ2v) is 7.34. The lowest BCUT2D eigenvalue weighted by Crippen LogP contribution is -2.34. The van der Waals surface area contributed by atoms with Crippen LogP contribution in [0.3, 0.4) is 0 Å². The van der Waals surface area contributed by atoms with Gasteiger partial charge in [0.15, 0.2) is 0 Å². The number of sulfonamides is 1. The fraction of sp³-hybridized carbons (Fsp3) is 0.118. The molecule has 3 rings (SSSR count). The highest BCUT2D eigenvalue weighted by Crippen LogP contribution is 2.30. The molecule has 0 aliphatic heterocycles. The van der Waals surface area contributed by atoms with Gasteiger partial charge in [-0.15, -0.1) is 0 Å². The second kappa shape index (κ2) is 6.26. The minimum absolute atomic E-state index is 0.0267. The molecule has 9 heteroatoms. The molecule has 0 amide bonds. The van der Waals surface area contributed by atoms with Gasteiger partial charge in [0.05, 0.1) is 16.2 Å². The van der Waals surface area contributed by atoms with Crippen LogP contribution >= 0.6 is 0 Å². The summed E-state index contributed by atoms with van der Waals surface area (Å²) in [5, 5.41) is 8.16. The Morgan fingerprint density at radius 1 is 1.00 bits per heavy atom. The van der Waals surface area contributed by atoms with Gasteiger partial charge in [-0.2, -0.15) is 18.3 Å². The summed E-state index contributed by atoms with van der Waals surface area (Å²) in [5.41, 5.74) is 1.89. The number of benzene rings is 2. The van der Waals surface area contributed by atoms with Crippen molar-refractivity contribution >= 4 is 10.0 Å². The summed E-state index contributed by atoms with van der Waals surface area (Å²) in [6, 6.07) is 12.5. The van der Waals surface area contributed by atoms with E-state index >= 15 is 0 Å². The number of alkyl halides is 3. The molecule has 0 atom stereocenters. The quantitative estimate of drug-likeness (QED) is 0.683. The number of primary sulfonamides is 1. The molecule has 0 fully saturated rings. The van der Waals surface area contributed by atoms with Gasteiger partial charge in [0.25, 0.3) is 0 Å². The third-order valence-corrected chi connectivity index (χ3v) is 4.74. The van der Waals surface area contributed by atoms with E-state index in [1.165, 1.54) is 24.3 Å². The van der Waals surface area contributed by atoms with E-state index in [1.54, 1.807) is 22.9 Å². The first-order chi connectivity index (χ1) is 12.1. The third-order valence-electron chi connectivity index (χ3n) is 3.81. The van der Waals surface area contributed by atoms with Crippen molar-refractivity contribution in [3.05, 3.63) is 65.9 Å². The lowest BCUT2D eigenvalue weighted by atomic mass is 10.1. The van der Waals surface area contributed by atoms with Crippen LogP contribution in [0.15, 0.2) is 59.5 Å². The number of hydrogen-bond acceptors (Lipinski definition) is 2. The van der Waals surface area contributed by atoms with Gasteiger partial charge in [0, 0.05) is 23.8 Å². The minimum atomic E-state index is -4.40. The van der Waals surface area contributed by atoms with Gasteiger partial charge < -0.3 is 0 Å². The summed E-state index contributed by atoms with van der Waals surface area (Å²) in [7, 11) is -3.80. The number of hydrogen-bond donors (Lipinski definition) is 2. The monoisotopic (exact) mass is 382 g/mol. The van der Waals surface area contributed by atoms with E-state index in [4.69, 9.17) is 5.14 Å². The fourth-order valence-electron chi connectivity index (χ4n) is 2.57. The normalized spacial score (nSPS) is 12.3. The Labute approximate surface area is 147 Å². The highest BCUT2D eigenvalue weighted by Gasteiger charge is 2.30. The van der Waals surface area contributed by atoms with E-state index in [2.05, 4.69) is 5.10 Å². The Bertz CT molecular complexity index is 1040. The Balaban J connectivity index is 2.04.